The van der Waals surface area contributed by atoms with Crippen LogP contribution < -0.4 is 10.1 Å². The molecule has 0 unspecified atom stereocenters. The third-order valence-electron chi connectivity index (χ3n) is 8.04. The van der Waals surface area contributed by atoms with Crippen molar-refractivity contribution >= 4 is 11.8 Å². The van der Waals surface area contributed by atoms with Crippen molar-refractivity contribution in [1.82, 2.24) is 20.1 Å². The molecule has 3 heterocycles. The Labute approximate surface area is 219 Å². The van der Waals surface area contributed by atoms with E-state index >= 15 is 0 Å². The first-order chi connectivity index (χ1) is 18.2. The summed E-state index contributed by atoms with van der Waals surface area (Å²) < 4.78 is 6.18. The van der Waals surface area contributed by atoms with Crippen LogP contribution in [-0.2, 0) is 22.7 Å². The van der Waals surface area contributed by atoms with Gasteiger partial charge in [0, 0.05) is 43.9 Å². The minimum absolute atomic E-state index is 0.0318. The molecule has 1 aromatic carbocycles. The molecule has 2 amide bonds. The SMILES string of the molecule is O=C(C[C@@H]1CCN2C[C@@H]1C=CCOc1ccccc1CN(C1CCCC1)CC2=O)NCc1ccccn1. The third kappa shape index (κ3) is 6.77. The summed E-state index contributed by atoms with van der Waals surface area (Å²) >= 11 is 0. The van der Waals surface area contributed by atoms with Crippen LogP contribution in [0.1, 0.15) is 49.8 Å². The molecule has 1 aliphatic carbocycles. The Morgan fingerprint density at radius 1 is 1.05 bits per heavy atom. The number of benzene rings is 1. The Hall–Kier alpha value is -3.19. The van der Waals surface area contributed by atoms with Crippen LogP contribution >= 0.6 is 0 Å². The number of nitrogens with one attached hydrogen (secondary N) is 1. The Morgan fingerprint density at radius 3 is 2.73 bits per heavy atom. The van der Waals surface area contributed by atoms with Crippen molar-refractivity contribution in [2.75, 3.05) is 26.2 Å². The largest absolute Gasteiger partial charge is 0.489 e. The number of aromatic nitrogens is 1. The quantitative estimate of drug-likeness (QED) is 0.627. The Balaban J connectivity index is 1.29. The van der Waals surface area contributed by atoms with E-state index in [9.17, 15) is 9.59 Å². The zero-order valence-electron chi connectivity index (χ0n) is 21.6. The number of fused-ring (bicyclic) bond motifs is 3. The maximum atomic E-state index is 13.5. The first-order valence-electron chi connectivity index (χ1n) is 13.7. The highest BCUT2D eigenvalue weighted by atomic mass is 16.5. The van der Waals surface area contributed by atoms with Crippen LogP contribution in [-0.4, -0.2) is 58.9 Å². The van der Waals surface area contributed by atoms with Crippen LogP contribution in [0.25, 0.3) is 0 Å². The van der Waals surface area contributed by atoms with E-state index in [0.717, 1.165) is 42.8 Å². The molecule has 2 fully saturated rings. The molecule has 7 nitrogen and oxygen atoms in total. The van der Waals surface area contributed by atoms with Crippen LogP contribution in [0.2, 0.25) is 0 Å². The minimum atomic E-state index is 0.0318. The second-order valence-corrected chi connectivity index (χ2v) is 10.5. The summed E-state index contributed by atoms with van der Waals surface area (Å²) in [7, 11) is 0. The van der Waals surface area contributed by atoms with Gasteiger partial charge in [-0.05, 0) is 49.3 Å². The van der Waals surface area contributed by atoms with E-state index in [4.69, 9.17) is 4.74 Å². The van der Waals surface area contributed by atoms with Gasteiger partial charge in [0.25, 0.3) is 0 Å². The number of para-hydroxylation sites is 1. The molecule has 1 saturated carbocycles. The Morgan fingerprint density at radius 2 is 1.89 bits per heavy atom. The summed E-state index contributed by atoms with van der Waals surface area (Å²) in [4.78, 5) is 35.0. The monoisotopic (exact) mass is 502 g/mol. The summed E-state index contributed by atoms with van der Waals surface area (Å²) in [5.74, 6) is 1.42. The molecule has 2 aromatic rings. The van der Waals surface area contributed by atoms with Gasteiger partial charge in [-0.25, -0.2) is 0 Å². The second-order valence-electron chi connectivity index (χ2n) is 10.5. The Kier molecular flexibility index (Phi) is 8.51. The lowest BCUT2D eigenvalue weighted by atomic mass is 9.82. The molecular weight excluding hydrogens is 464 g/mol. The molecule has 1 saturated heterocycles. The topological polar surface area (TPSA) is 74.8 Å². The maximum Gasteiger partial charge on any atom is 0.236 e. The van der Waals surface area contributed by atoms with Crippen molar-refractivity contribution < 1.29 is 14.3 Å². The van der Waals surface area contributed by atoms with Crippen molar-refractivity contribution in [1.29, 1.82) is 0 Å². The van der Waals surface area contributed by atoms with E-state index in [1.54, 1.807) is 6.20 Å². The maximum absolute atomic E-state index is 13.5. The van der Waals surface area contributed by atoms with Crippen LogP contribution in [0.4, 0.5) is 0 Å². The van der Waals surface area contributed by atoms with Gasteiger partial charge in [0.1, 0.15) is 12.4 Å². The lowest BCUT2D eigenvalue weighted by molar-refractivity contribution is -0.135. The average Bonchev–Trinajstić information content (AvgIpc) is 3.46. The number of pyridine rings is 1. The predicted octanol–water partition coefficient (Wildman–Crippen LogP) is 3.95. The van der Waals surface area contributed by atoms with Crippen LogP contribution in [0.15, 0.2) is 60.8 Å². The van der Waals surface area contributed by atoms with Gasteiger partial charge < -0.3 is 15.0 Å². The van der Waals surface area contributed by atoms with E-state index in [2.05, 4.69) is 33.4 Å². The van der Waals surface area contributed by atoms with Crippen molar-refractivity contribution in [2.24, 2.45) is 11.8 Å². The third-order valence-corrected chi connectivity index (χ3v) is 8.04. The van der Waals surface area contributed by atoms with Crippen LogP contribution in [0, 0.1) is 11.8 Å². The smallest absolute Gasteiger partial charge is 0.236 e. The normalized spacial score (nSPS) is 23.4. The molecule has 1 aromatic heterocycles. The average molecular weight is 503 g/mol. The van der Waals surface area contributed by atoms with Crippen LogP contribution in [0.3, 0.4) is 0 Å². The Bertz CT molecular complexity index is 1080. The van der Waals surface area contributed by atoms with Gasteiger partial charge in [0.2, 0.25) is 11.8 Å². The number of rotatable bonds is 5. The number of nitrogens with zero attached hydrogens (tertiary/aromatic N) is 3. The lowest BCUT2D eigenvalue weighted by Gasteiger charge is -2.38. The number of carbonyl (C=O) groups excluding carboxylic acids is 2. The first-order valence-corrected chi connectivity index (χ1v) is 13.7. The highest BCUT2D eigenvalue weighted by Crippen LogP contribution is 2.31. The van der Waals surface area contributed by atoms with Crippen molar-refractivity contribution in [3.05, 3.63) is 72.1 Å². The number of hydrogen-bond acceptors (Lipinski definition) is 5. The van der Waals surface area contributed by atoms with E-state index < -0.39 is 0 Å². The number of hydrogen-bond donors (Lipinski definition) is 1. The fourth-order valence-corrected chi connectivity index (χ4v) is 5.95. The molecule has 0 radical (unpaired) electrons. The van der Waals surface area contributed by atoms with Crippen molar-refractivity contribution in [3.63, 3.8) is 0 Å². The first kappa shape index (κ1) is 25.5. The zero-order valence-corrected chi connectivity index (χ0v) is 21.6. The number of carbonyl (C=O) groups is 2. The minimum Gasteiger partial charge on any atom is -0.489 e. The van der Waals surface area contributed by atoms with E-state index in [1.165, 1.54) is 12.8 Å². The second kappa shape index (κ2) is 12.4. The van der Waals surface area contributed by atoms with Gasteiger partial charge in [-0.15, -0.1) is 0 Å². The molecule has 5 rings (SSSR count). The summed E-state index contributed by atoms with van der Waals surface area (Å²) in [6, 6.07) is 14.3. The van der Waals surface area contributed by atoms with Crippen molar-refractivity contribution in [2.45, 2.75) is 57.7 Å². The van der Waals surface area contributed by atoms with Gasteiger partial charge in [-0.2, -0.15) is 0 Å². The predicted molar refractivity (Wildman–Crippen MR) is 143 cm³/mol. The number of ether oxygens (including phenoxy) is 1. The fraction of sp³-hybridized carbons (Fsp3) is 0.500. The van der Waals surface area contributed by atoms with Gasteiger partial charge in [0.15, 0.2) is 0 Å². The summed E-state index contributed by atoms with van der Waals surface area (Å²) in [6.45, 7) is 3.43. The zero-order chi connectivity index (χ0) is 25.5. The van der Waals surface area contributed by atoms with Gasteiger partial charge >= 0.3 is 0 Å². The number of amides is 2. The molecular formula is C30H38N4O3. The van der Waals surface area contributed by atoms with Crippen LogP contribution in [0.5, 0.6) is 5.75 Å². The van der Waals surface area contributed by atoms with Gasteiger partial charge in [-0.1, -0.05) is 49.3 Å². The fourth-order valence-electron chi connectivity index (χ4n) is 5.95. The summed E-state index contributed by atoms with van der Waals surface area (Å²) in [5.41, 5.74) is 1.98. The van der Waals surface area contributed by atoms with Crippen molar-refractivity contribution in [3.8, 4) is 5.75 Å². The molecule has 0 spiro atoms. The number of piperidine rings is 1. The van der Waals surface area contributed by atoms with Gasteiger partial charge in [0.05, 0.1) is 18.8 Å². The molecule has 2 bridgehead atoms. The molecule has 3 aliphatic rings. The molecule has 1 N–H and O–H groups in total. The molecule has 37 heavy (non-hydrogen) atoms. The van der Waals surface area contributed by atoms with E-state index in [-0.39, 0.29) is 23.7 Å². The van der Waals surface area contributed by atoms with E-state index in [1.807, 2.05) is 41.3 Å². The summed E-state index contributed by atoms with van der Waals surface area (Å²) in [5, 5.41) is 3.02. The molecule has 7 heteroatoms. The lowest BCUT2D eigenvalue weighted by Crippen LogP contribution is -2.49. The molecule has 2 atom stereocenters. The summed E-state index contributed by atoms with van der Waals surface area (Å²) in [6.07, 6.45) is 12.0. The molecule has 196 valence electrons. The highest BCUT2D eigenvalue weighted by molar-refractivity contribution is 5.79. The van der Waals surface area contributed by atoms with Gasteiger partial charge in [-0.3, -0.25) is 19.5 Å². The highest BCUT2D eigenvalue weighted by Gasteiger charge is 2.33. The molecule has 2 aliphatic heterocycles. The standard InChI is InChI=1S/C30H38N4O3/c35-29(32-19-26-10-5-6-15-31-26)18-23-14-16-33-20-24(23)9-7-17-37-28-13-4-1-8-25(28)21-34(22-30(33)36)27-11-2-3-12-27/h1,4-10,13,15,23-24,27H,2-3,11-12,14,16-22H2,(H,32,35)/t23-,24-/m0/s1. The van der Waals surface area contributed by atoms with E-state index in [0.29, 0.717) is 45.2 Å².